The second-order valence-electron chi connectivity index (χ2n) is 11.8. The van der Waals surface area contributed by atoms with Crippen molar-refractivity contribution in [3.05, 3.63) is 191 Å². The fourth-order valence-electron chi connectivity index (χ4n) is 5.36. The van der Waals surface area contributed by atoms with Crippen LogP contribution in [0, 0.1) is 27.7 Å². The number of nitrogens with zero attached hydrogens (tertiary/aromatic N) is 3. The van der Waals surface area contributed by atoms with Crippen LogP contribution in [0.15, 0.2) is 173 Å². The van der Waals surface area contributed by atoms with Gasteiger partial charge in [-0.15, -0.1) is 0 Å². The van der Waals surface area contributed by atoms with Crippen LogP contribution in [-0.4, -0.2) is 11.6 Å². The van der Waals surface area contributed by atoms with Crippen LogP contribution < -0.4 is 15.9 Å². The van der Waals surface area contributed by atoms with Crippen molar-refractivity contribution < 1.29 is 0 Å². The summed E-state index contributed by atoms with van der Waals surface area (Å²) in [5.41, 5.74) is 10.3. The summed E-state index contributed by atoms with van der Waals surface area (Å²) in [6, 6.07) is 57.3. The molecule has 0 spiro atoms. The van der Waals surface area contributed by atoms with Crippen molar-refractivity contribution in [3.63, 3.8) is 0 Å². The lowest BCUT2D eigenvalue weighted by Crippen LogP contribution is -2.24. The molecule has 49 heavy (non-hydrogen) atoms. The molecule has 4 nitrogen and oxygen atoms in total. The van der Waals surface area contributed by atoms with Crippen LogP contribution in [0.4, 0.5) is 11.4 Å². The topological polar surface area (TPSA) is 49.1 Å². The Bertz CT molecular complexity index is 1920. The number of para-hydroxylation sites is 2. The second kappa shape index (κ2) is 18.2. The minimum Gasteiger partial charge on any atom is -0.339 e. The van der Waals surface area contributed by atoms with Crippen molar-refractivity contribution in [3.8, 4) is 0 Å². The van der Waals surface area contributed by atoms with Gasteiger partial charge >= 0.3 is 0 Å². The molecule has 244 valence electrons. The Kier molecular flexibility index (Phi) is 13.0. The van der Waals surface area contributed by atoms with E-state index in [0.717, 1.165) is 28.1 Å². The van der Waals surface area contributed by atoms with Gasteiger partial charge in [0.2, 0.25) is 0 Å². The number of nitrogens with one attached hydrogen (secondary N) is 1. The van der Waals surface area contributed by atoms with Gasteiger partial charge in [0, 0.05) is 13.6 Å². The molecule has 0 fully saturated rings. The van der Waals surface area contributed by atoms with Crippen molar-refractivity contribution in [2.24, 2.45) is 15.0 Å². The summed E-state index contributed by atoms with van der Waals surface area (Å²) < 4.78 is 0. The fraction of sp³-hybridized carbons (Fsp3) is 0.136. The first-order chi connectivity index (χ1) is 24.0. The number of benzene rings is 6. The van der Waals surface area contributed by atoms with Gasteiger partial charge in [-0.3, -0.25) is 4.99 Å². The third kappa shape index (κ3) is 10.3. The molecule has 0 amide bonds. The Morgan fingerprint density at radius 2 is 0.939 bits per heavy atom. The largest absolute Gasteiger partial charge is 0.339 e. The summed E-state index contributed by atoms with van der Waals surface area (Å²) in [6.07, 6.45) is 0. The van der Waals surface area contributed by atoms with Gasteiger partial charge in [-0.05, 0) is 71.7 Å². The summed E-state index contributed by atoms with van der Waals surface area (Å²) in [4.78, 5) is 13.7. The summed E-state index contributed by atoms with van der Waals surface area (Å²) in [5, 5.41) is 6.33. The first kappa shape index (κ1) is 34.9. The molecule has 0 aliphatic heterocycles. The Labute approximate surface area is 292 Å². The van der Waals surface area contributed by atoms with Crippen molar-refractivity contribution in [1.82, 2.24) is 0 Å². The monoisotopic (exact) mass is 658 g/mol. The molecule has 0 saturated carbocycles. The number of hydrogen-bond acceptors (Lipinski definition) is 3. The maximum Gasteiger partial charge on any atom is 0.133 e. The summed E-state index contributed by atoms with van der Waals surface area (Å²) in [5.74, 6) is 0. The lowest BCUT2D eigenvalue weighted by molar-refractivity contribution is 1.07. The van der Waals surface area contributed by atoms with Crippen molar-refractivity contribution in [2.45, 2.75) is 40.8 Å². The first-order valence-corrected chi connectivity index (χ1v) is 17.9. The molecule has 5 heteroatoms. The van der Waals surface area contributed by atoms with E-state index in [4.69, 9.17) is 4.99 Å². The van der Waals surface area contributed by atoms with Crippen LogP contribution in [0.2, 0.25) is 0 Å². The number of aliphatic imine (C=N–C) groups is 3. The Morgan fingerprint density at radius 3 is 1.43 bits per heavy atom. The van der Waals surface area contributed by atoms with Gasteiger partial charge < -0.3 is 5.32 Å². The second-order valence-corrected chi connectivity index (χ2v) is 13.9. The maximum atomic E-state index is 5.16. The minimum atomic E-state index is -0.820. The van der Waals surface area contributed by atoms with E-state index in [0.29, 0.717) is 13.1 Å². The first-order valence-electron chi connectivity index (χ1n) is 16.5. The molecule has 1 N–H and O–H groups in total. The van der Waals surface area contributed by atoms with E-state index in [9.17, 15) is 0 Å². The van der Waals surface area contributed by atoms with Crippen molar-refractivity contribution in [1.29, 1.82) is 0 Å². The normalized spacial score (nSPS) is 10.8. The van der Waals surface area contributed by atoms with Gasteiger partial charge in [0.1, 0.15) is 5.58 Å². The van der Waals surface area contributed by atoms with Crippen molar-refractivity contribution >= 4 is 41.5 Å². The quantitative estimate of drug-likeness (QED) is 0.0938. The maximum absolute atomic E-state index is 5.16. The van der Waals surface area contributed by atoms with E-state index < -0.39 is 7.92 Å². The fourth-order valence-corrected chi connectivity index (χ4v) is 7.53. The highest BCUT2D eigenvalue weighted by atomic mass is 31.1. The van der Waals surface area contributed by atoms with E-state index in [1.165, 1.54) is 32.9 Å². The van der Waals surface area contributed by atoms with Gasteiger partial charge in [-0.2, -0.15) is 4.99 Å². The molecule has 0 aliphatic carbocycles. The minimum absolute atomic E-state index is 0.620. The predicted molar refractivity (Wildman–Crippen MR) is 212 cm³/mol. The summed E-state index contributed by atoms with van der Waals surface area (Å²) in [6.45, 7) is 9.66. The average Bonchev–Trinajstić information content (AvgIpc) is 3.13. The zero-order chi connectivity index (χ0) is 34.3. The van der Waals surface area contributed by atoms with E-state index in [1.54, 1.807) is 0 Å². The third-order valence-corrected chi connectivity index (χ3v) is 10.3. The van der Waals surface area contributed by atoms with Gasteiger partial charge in [-0.25, -0.2) is 4.99 Å². The molecule has 0 unspecified atom stereocenters. The van der Waals surface area contributed by atoms with Gasteiger partial charge in [0.25, 0.3) is 0 Å². The van der Waals surface area contributed by atoms with Crippen LogP contribution >= 0.6 is 7.92 Å². The number of hydrogen-bond donors (Lipinski definition) is 1. The highest BCUT2D eigenvalue weighted by Gasteiger charge is 2.21. The van der Waals surface area contributed by atoms with E-state index >= 15 is 0 Å². The predicted octanol–water partition coefficient (Wildman–Crippen LogP) is 10.7. The molecule has 6 aromatic carbocycles. The van der Waals surface area contributed by atoms with Crippen LogP contribution in [0.25, 0.3) is 0 Å². The molecule has 0 radical (unpaired) electrons. The Hall–Kier alpha value is -5.40. The molecule has 0 aliphatic rings. The molecule has 6 rings (SSSR count). The van der Waals surface area contributed by atoms with Gasteiger partial charge in [-0.1, -0.05) is 158 Å². The molecule has 6 aromatic rings. The molecule has 0 heterocycles. The Morgan fingerprint density at radius 1 is 0.510 bits per heavy atom. The zero-order valence-electron chi connectivity index (χ0n) is 28.7. The summed E-state index contributed by atoms with van der Waals surface area (Å²) in [7, 11) is -0.820. The number of rotatable bonds is 9. The van der Waals surface area contributed by atoms with E-state index in [-0.39, 0.29) is 0 Å². The lowest BCUT2D eigenvalue weighted by atomic mass is 10.1. The molecule has 0 aromatic heterocycles. The van der Waals surface area contributed by atoms with Crippen molar-refractivity contribution in [2.75, 3.05) is 5.32 Å². The third-order valence-electron chi connectivity index (χ3n) is 7.99. The SMILES string of the molecule is Cc1cccc(C)c1N=C=NCc1ccccc1.Cc1cccc(C)c1NC(=NCc1ccccc1)P(c1ccccc1)c1ccccc1. The zero-order valence-corrected chi connectivity index (χ0v) is 29.6. The van der Waals surface area contributed by atoms with Crippen LogP contribution in [0.3, 0.4) is 0 Å². The van der Waals surface area contributed by atoms with E-state index in [2.05, 4.69) is 138 Å². The number of amidine groups is 1. The molecule has 0 atom stereocenters. The van der Waals surface area contributed by atoms with Crippen LogP contribution in [-0.2, 0) is 13.1 Å². The van der Waals surface area contributed by atoms with Gasteiger partial charge in [0.05, 0.1) is 24.8 Å². The molecule has 0 saturated heterocycles. The smallest absolute Gasteiger partial charge is 0.133 e. The van der Waals surface area contributed by atoms with E-state index in [1.807, 2.05) is 68.4 Å². The van der Waals surface area contributed by atoms with Crippen LogP contribution in [0.1, 0.15) is 33.4 Å². The standard InChI is InChI=1S/C28H27N2P.C16H16N2/c1-22-13-12-14-23(2)27(22)30-28(29-21-24-15-6-3-7-16-24)31(25-17-8-4-9-18-25)26-19-10-5-11-20-26;1-13-7-6-8-14(2)16(13)18-12-17-11-15-9-4-3-5-10-15/h3-20H,21H2,1-2H3,(H,29,30);3-10H,11H2,1-2H3. The molecular weight excluding hydrogens is 615 g/mol. The van der Waals surface area contributed by atoms with Crippen LogP contribution in [0.5, 0.6) is 0 Å². The highest BCUT2D eigenvalue weighted by Crippen LogP contribution is 2.37. The summed E-state index contributed by atoms with van der Waals surface area (Å²) >= 11 is 0. The molecular formula is C44H43N4P. The number of anilines is 1. The van der Waals surface area contributed by atoms with Gasteiger partial charge in [0.15, 0.2) is 0 Å². The number of aryl methyl sites for hydroxylation is 4. The highest BCUT2D eigenvalue weighted by molar-refractivity contribution is 7.88. The Balaban J connectivity index is 0.000000221. The lowest BCUT2D eigenvalue weighted by Gasteiger charge is -2.24. The average molecular weight is 659 g/mol. The molecule has 0 bridgehead atoms.